The number of aliphatic hydroxyl groups excluding tert-OH is 1. The maximum atomic E-state index is 11.9. The van der Waals surface area contributed by atoms with E-state index in [1.165, 1.54) is 11.3 Å². The summed E-state index contributed by atoms with van der Waals surface area (Å²) >= 11 is 1.28. The molecular weight excluding hydrogens is 248 g/mol. The summed E-state index contributed by atoms with van der Waals surface area (Å²) in [6.45, 7) is -0.185. The second-order valence-corrected chi connectivity index (χ2v) is 4.40. The molecule has 0 aliphatic carbocycles. The predicted octanol–water partition coefficient (Wildman–Crippen LogP) is 1.74. The van der Waals surface area contributed by atoms with Gasteiger partial charge in [-0.1, -0.05) is 11.8 Å². The van der Waals surface area contributed by atoms with Gasteiger partial charge in [0, 0.05) is 6.20 Å². The highest BCUT2D eigenvalue weighted by molar-refractivity contribution is 7.14. The van der Waals surface area contributed by atoms with Crippen molar-refractivity contribution in [2.24, 2.45) is 0 Å². The number of aliphatic hydroxyl groups is 1. The van der Waals surface area contributed by atoms with Gasteiger partial charge in [-0.15, -0.1) is 11.3 Å². The molecule has 90 valence electrons. The van der Waals surface area contributed by atoms with Gasteiger partial charge < -0.3 is 10.4 Å². The molecule has 0 aliphatic heterocycles. The Bertz CT molecular complexity index is 596. The third kappa shape index (κ3) is 3.17. The molecule has 1 amide bonds. The van der Waals surface area contributed by atoms with Crippen LogP contribution in [0.5, 0.6) is 0 Å². The van der Waals surface area contributed by atoms with Crippen molar-refractivity contribution < 1.29 is 9.90 Å². The van der Waals surface area contributed by atoms with Crippen LogP contribution < -0.4 is 5.32 Å². The second-order valence-electron chi connectivity index (χ2n) is 3.32. The number of nitrogens with zero attached hydrogens (tertiary/aromatic N) is 1. The van der Waals surface area contributed by atoms with E-state index < -0.39 is 0 Å². The van der Waals surface area contributed by atoms with Gasteiger partial charge >= 0.3 is 0 Å². The van der Waals surface area contributed by atoms with Crippen LogP contribution in [-0.4, -0.2) is 22.6 Å². The number of pyridine rings is 1. The zero-order chi connectivity index (χ0) is 12.8. The molecule has 0 spiro atoms. The van der Waals surface area contributed by atoms with Crippen molar-refractivity contribution in [1.82, 2.24) is 4.98 Å². The van der Waals surface area contributed by atoms with E-state index >= 15 is 0 Å². The van der Waals surface area contributed by atoms with Crippen LogP contribution in [0, 0.1) is 11.8 Å². The van der Waals surface area contributed by atoms with Crippen molar-refractivity contribution in [3.8, 4) is 11.8 Å². The highest BCUT2D eigenvalue weighted by atomic mass is 32.1. The number of nitrogens with one attached hydrogen (secondary N) is 1. The van der Waals surface area contributed by atoms with Gasteiger partial charge in [-0.25, -0.2) is 0 Å². The zero-order valence-electron chi connectivity index (χ0n) is 9.38. The minimum absolute atomic E-state index is 0.185. The summed E-state index contributed by atoms with van der Waals surface area (Å²) in [4.78, 5) is 17.1. The number of thiophene rings is 1. The van der Waals surface area contributed by atoms with E-state index in [1.54, 1.807) is 36.7 Å². The van der Waals surface area contributed by atoms with Crippen molar-refractivity contribution in [2.75, 3.05) is 11.9 Å². The third-order valence-corrected chi connectivity index (χ3v) is 3.04. The first kappa shape index (κ1) is 12.3. The van der Waals surface area contributed by atoms with E-state index in [4.69, 9.17) is 5.11 Å². The molecule has 0 bridgehead atoms. The van der Waals surface area contributed by atoms with Crippen molar-refractivity contribution in [2.45, 2.75) is 0 Å². The second kappa shape index (κ2) is 5.96. The first-order valence-electron chi connectivity index (χ1n) is 5.20. The predicted molar refractivity (Wildman–Crippen MR) is 70.5 cm³/mol. The lowest BCUT2D eigenvalue weighted by molar-refractivity contribution is 0.103. The van der Waals surface area contributed by atoms with E-state index in [0.717, 1.165) is 4.88 Å². The summed E-state index contributed by atoms with van der Waals surface area (Å²) in [6, 6.07) is 6.98. The van der Waals surface area contributed by atoms with E-state index in [2.05, 4.69) is 22.1 Å². The molecule has 0 saturated heterocycles. The summed E-state index contributed by atoms with van der Waals surface area (Å²) in [6.07, 6.45) is 3.22. The molecule has 2 aromatic rings. The number of carbonyl (C=O) groups is 1. The minimum atomic E-state index is -0.190. The maximum Gasteiger partial charge on any atom is 0.265 e. The van der Waals surface area contributed by atoms with Crippen LogP contribution in [0.3, 0.4) is 0 Å². The molecule has 4 nitrogen and oxygen atoms in total. The van der Waals surface area contributed by atoms with Crippen molar-refractivity contribution in [1.29, 1.82) is 0 Å². The molecule has 0 atom stereocenters. The molecule has 0 unspecified atom stereocenters. The van der Waals surface area contributed by atoms with Crippen molar-refractivity contribution in [3.05, 3.63) is 46.4 Å². The lowest BCUT2D eigenvalue weighted by Gasteiger charge is -2.01. The standard InChI is InChI=1S/C13H10N2O2S/c16-8-2-4-11-5-6-12(18-11)13(17)15-10-3-1-7-14-9-10/h1,3,5-7,9,16H,8H2,(H,15,17). The monoisotopic (exact) mass is 258 g/mol. The Morgan fingerprint density at radius 1 is 1.44 bits per heavy atom. The lowest BCUT2D eigenvalue weighted by Crippen LogP contribution is -2.09. The maximum absolute atomic E-state index is 11.9. The zero-order valence-corrected chi connectivity index (χ0v) is 10.2. The number of carbonyl (C=O) groups excluding carboxylic acids is 1. The van der Waals surface area contributed by atoms with Gasteiger partial charge in [0.15, 0.2) is 0 Å². The Labute approximate surface area is 108 Å². The Kier molecular flexibility index (Phi) is 4.07. The number of aromatic nitrogens is 1. The molecule has 5 heteroatoms. The molecule has 2 rings (SSSR count). The molecule has 18 heavy (non-hydrogen) atoms. The van der Waals surface area contributed by atoms with E-state index in [-0.39, 0.29) is 12.5 Å². The van der Waals surface area contributed by atoms with Gasteiger partial charge in [-0.2, -0.15) is 0 Å². The lowest BCUT2D eigenvalue weighted by atomic mass is 10.3. The summed E-state index contributed by atoms with van der Waals surface area (Å²) in [5, 5.41) is 11.3. The molecule has 0 radical (unpaired) electrons. The van der Waals surface area contributed by atoms with E-state index in [1.807, 2.05) is 0 Å². The molecule has 0 aliphatic rings. The van der Waals surface area contributed by atoms with Gasteiger partial charge in [-0.05, 0) is 24.3 Å². The van der Waals surface area contributed by atoms with Crippen molar-refractivity contribution >= 4 is 22.9 Å². The third-order valence-electron chi connectivity index (χ3n) is 2.04. The summed E-state index contributed by atoms with van der Waals surface area (Å²) < 4.78 is 0. The van der Waals surface area contributed by atoms with Crippen LogP contribution in [0.4, 0.5) is 5.69 Å². The largest absolute Gasteiger partial charge is 0.384 e. The van der Waals surface area contributed by atoms with E-state index in [9.17, 15) is 4.79 Å². The molecule has 2 N–H and O–H groups in total. The summed E-state index contributed by atoms with van der Waals surface area (Å²) in [5.41, 5.74) is 0.652. The van der Waals surface area contributed by atoms with Crippen LogP contribution in [0.25, 0.3) is 0 Å². The number of hydrogen-bond donors (Lipinski definition) is 2. The minimum Gasteiger partial charge on any atom is -0.384 e. The van der Waals surface area contributed by atoms with Crippen LogP contribution in [0.1, 0.15) is 14.5 Å². The highest BCUT2D eigenvalue weighted by Crippen LogP contribution is 2.17. The van der Waals surface area contributed by atoms with E-state index in [0.29, 0.717) is 10.6 Å². The number of hydrogen-bond acceptors (Lipinski definition) is 4. The van der Waals surface area contributed by atoms with Crippen molar-refractivity contribution in [3.63, 3.8) is 0 Å². The van der Waals surface area contributed by atoms with Crippen LogP contribution in [0.15, 0.2) is 36.7 Å². The molecule has 2 heterocycles. The van der Waals surface area contributed by atoms with Gasteiger partial charge in [0.2, 0.25) is 0 Å². The average Bonchev–Trinajstić information content (AvgIpc) is 2.86. The number of amides is 1. The fourth-order valence-electron chi connectivity index (χ4n) is 1.28. The molecule has 2 aromatic heterocycles. The Balaban J connectivity index is 2.08. The van der Waals surface area contributed by atoms with Crippen LogP contribution in [-0.2, 0) is 0 Å². The first-order valence-corrected chi connectivity index (χ1v) is 6.02. The summed E-state index contributed by atoms with van der Waals surface area (Å²) in [7, 11) is 0. The molecule has 0 saturated carbocycles. The van der Waals surface area contributed by atoms with Crippen LogP contribution >= 0.6 is 11.3 Å². The fraction of sp³-hybridized carbons (Fsp3) is 0.0769. The Hall–Kier alpha value is -2.16. The fourth-order valence-corrected chi connectivity index (χ4v) is 2.06. The van der Waals surface area contributed by atoms with Gasteiger partial charge in [0.25, 0.3) is 5.91 Å². The first-order chi connectivity index (χ1) is 8.79. The Morgan fingerprint density at radius 3 is 3.06 bits per heavy atom. The van der Waals surface area contributed by atoms with Gasteiger partial charge in [0.1, 0.15) is 6.61 Å². The number of rotatable bonds is 2. The SMILES string of the molecule is O=C(Nc1cccnc1)c1ccc(C#CCO)s1. The molecule has 0 fully saturated rings. The van der Waals surface area contributed by atoms with Crippen LogP contribution in [0.2, 0.25) is 0 Å². The smallest absolute Gasteiger partial charge is 0.265 e. The summed E-state index contributed by atoms with van der Waals surface area (Å²) in [5.74, 6) is 5.11. The molecular formula is C13H10N2O2S. The normalized spacial score (nSPS) is 9.39. The molecule has 0 aromatic carbocycles. The van der Waals surface area contributed by atoms with Gasteiger partial charge in [-0.3, -0.25) is 9.78 Å². The highest BCUT2D eigenvalue weighted by Gasteiger charge is 2.08. The Morgan fingerprint density at radius 2 is 2.33 bits per heavy atom. The average molecular weight is 258 g/mol. The van der Waals surface area contributed by atoms with Gasteiger partial charge in [0.05, 0.1) is 21.6 Å². The number of anilines is 1. The topological polar surface area (TPSA) is 62.2 Å². The quantitative estimate of drug-likeness (QED) is 0.806.